The zero-order chi connectivity index (χ0) is 17.6. The SMILES string of the molecule is CSCCC(NS(=O)(=O)c1ccccc1F)C(=O)N1CCNCC1. The number of nitrogens with zero attached hydrogens (tertiary/aromatic N) is 1. The summed E-state index contributed by atoms with van der Waals surface area (Å²) in [5.41, 5.74) is 0. The van der Waals surface area contributed by atoms with Crippen LogP contribution in [0.1, 0.15) is 6.42 Å². The van der Waals surface area contributed by atoms with E-state index in [1.807, 2.05) is 6.26 Å². The monoisotopic (exact) mass is 375 g/mol. The Bertz CT molecular complexity index is 664. The summed E-state index contributed by atoms with van der Waals surface area (Å²) in [7, 11) is -4.10. The Morgan fingerprint density at radius 3 is 2.67 bits per heavy atom. The molecule has 0 radical (unpaired) electrons. The second-order valence-electron chi connectivity index (χ2n) is 5.46. The van der Waals surface area contributed by atoms with Gasteiger partial charge in [-0.3, -0.25) is 4.79 Å². The molecule has 1 fully saturated rings. The van der Waals surface area contributed by atoms with E-state index in [0.717, 1.165) is 6.07 Å². The summed E-state index contributed by atoms with van der Waals surface area (Å²) >= 11 is 1.53. The quantitative estimate of drug-likeness (QED) is 0.732. The third-order valence-electron chi connectivity index (χ3n) is 3.76. The van der Waals surface area contributed by atoms with Crippen molar-refractivity contribution in [3.8, 4) is 0 Å². The predicted octanol–water partition coefficient (Wildman–Crippen LogP) is 0.657. The summed E-state index contributed by atoms with van der Waals surface area (Å²) in [5, 5.41) is 3.15. The van der Waals surface area contributed by atoms with Gasteiger partial charge in [-0.2, -0.15) is 16.5 Å². The molecule has 1 atom stereocenters. The Labute approximate surface area is 146 Å². The fraction of sp³-hybridized carbons (Fsp3) is 0.533. The zero-order valence-electron chi connectivity index (χ0n) is 13.5. The third kappa shape index (κ3) is 4.92. The van der Waals surface area contributed by atoms with Crippen molar-refractivity contribution in [3.63, 3.8) is 0 Å². The molecule has 0 aromatic heterocycles. The number of amides is 1. The summed E-state index contributed by atoms with van der Waals surface area (Å²) in [6, 6.07) is 4.26. The molecule has 6 nitrogen and oxygen atoms in total. The molecule has 134 valence electrons. The summed E-state index contributed by atoms with van der Waals surface area (Å²) in [6.45, 7) is 2.44. The molecule has 0 bridgehead atoms. The maximum Gasteiger partial charge on any atom is 0.244 e. The van der Waals surface area contributed by atoms with Gasteiger partial charge in [0, 0.05) is 26.2 Å². The third-order valence-corrected chi connectivity index (χ3v) is 5.91. The second kappa shape index (κ2) is 8.80. The molecular formula is C15H22FN3O3S2. The van der Waals surface area contributed by atoms with Crippen LogP contribution in [0.3, 0.4) is 0 Å². The van der Waals surface area contributed by atoms with Crippen LogP contribution >= 0.6 is 11.8 Å². The summed E-state index contributed by atoms with van der Waals surface area (Å²) < 4.78 is 41.2. The minimum absolute atomic E-state index is 0.259. The molecule has 1 heterocycles. The molecule has 1 aliphatic rings. The molecule has 1 aromatic carbocycles. The van der Waals surface area contributed by atoms with Gasteiger partial charge in [-0.1, -0.05) is 12.1 Å². The highest BCUT2D eigenvalue weighted by Crippen LogP contribution is 2.15. The molecule has 2 N–H and O–H groups in total. The first kappa shape index (κ1) is 19.2. The molecular weight excluding hydrogens is 353 g/mol. The molecule has 1 amide bonds. The minimum atomic E-state index is -4.10. The number of carbonyl (C=O) groups is 1. The molecule has 2 rings (SSSR count). The Kier molecular flexibility index (Phi) is 7.02. The lowest BCUT2D eigenvalue weighted by Gasteiger charge is -2.31. The smallest absolute Gasteiger partial charge is 0.244 e. The lowest BCUT2D eigenvalue weighted by Crippen LogP contribution is -2.54. The van der Waals surface area contributed by atoms with Gasteiger partial charge in [-0.15, -0.1) is 0 Å². The number of hydrogen-bond acceptors (Lipinski definition) is 5. The summed E-state index contributed by atoms with van der Waals surface area (Å²) in [6.07, 6.45) is 2.25. The Morgan fingerprint density at radius 1 is 1.38 bits per heavy atom. The van der Waals surface area contributed by atoms with E-state index in [0.29, 0.717) is 38.4 Å². The van der Waals surface area contributed by atoms with Crippen molar-refractivity contribution in [2.45, 2.75) is 17.4 Å². The topological polar surface area (TPSA) is 78.5 Å². The first-order valence-electron chi connectivity index (χ1n) is 7.71. The zero-order valence-corrected chi connectivity index (χ0v) is 15.1. The van der Waals surface area contributed by atoms with Crippen LogP contribution in [0, 0.1) is 5.82 Å². The van der Waals surface area contributed by atoms with E-state index in [1.165, 1.54) is 30.0 Å². The number of halogens is 1. The molecule has 1 aromatic rings. The Morgan fingerprint density at radius 2 is 2.04 bits per heavy atom. The van der Waals surface area contributed by atoms with Gasteiger partial charge in [0.05, 0.1) is 0 Å². The van der Waals surface area contributed by atoms with Crippen molar-refractivity contribution in [1.29, 1.82) is 0 Å². The van der Waals surface area contributed by atoms with E-state index in [2.05, 4.69) is 10.0 Å². The molecule has 1 saturated heterocycles. The van der Waals surface area contributed by atoms with Crippen LogP contribution in [0.5, 0.6) is 0 Å². The standard InChI is InChI=1S/C15H22FN3O3S2/c1-23-11-6-13(15(20)19-9-7-17-8-10-19)18-24(21,22)14-5-3-2-4-12(14)16/h2-5,13,17-18H,6-11H2,1H3. The largest absolute Gasteiger partial charge is 0.339 e. The van der Waals surface area contributed by atoms with Crippen LogP contribution in [0.25, 0.3) is 0 Å². The van der Waals surface area contributed by atoms with E-state index < -0.39 is 26.8 Å². The highest BCUT2D eigenvalue weighted by atomic mass is 32.2. The summed E-state index contributed by atoms with van der Waals surface area (Å²) in [5.74, 6) is -0.462. The van der Waals surface area contributed by atoms with Crippen molar-refractivity contribution in [2.24, 2.45) is 0 Å². The maximum absolute atomic E-state index is 13.8. The molecule has 1 unspecified atom stereocenters. The van der Waals surface area contributed by atoms with Gasteiger partial charge >= 0.3 is 0 Å². The number of carbonyl (C=O) groups excluding carboxylic acids is 1. The van der Waals surface area contributed by atoms with Gasteiger partial charge in [0.2, 0.25) is 15.9 Å². The molecule has 0 aliphatic carbocycles. The van der Waals surface area contributed by atoms with Crippen LogP contribution in [0.15, 0.2) is 29.2 Å². The fourth-order valence-electron chi connectivity index (χ4n) is 2.49. The molecule has 24 heavy (non-hydrogen) atoms. The Balaban J connectivity index is 2.18. The number of hydrogen-bond donors (Lipinski definition) is 2. The van der Waals surface area contributed by atoms with E-state index in [1.54, 1.807) is 4.90 Å². The molecule has 9 heteroatoms. The van der Waals surface area contributed by atoms with E-state index in [9.17, 15) is 17.6 Å². The summed E-state index contributed by atoms with van der Waals surface area (Å²) in [4.78, 5) is 13.9. The van der Waals surface area contributed by atoms with Crippen molar-refractivity contribution in [1.82, 2.24) is 14.9 Å². The minimum Gasteiger partial charge on any atom is -0.339 e. The molecule has 0 saturated carbocycles. The number of benzene rings is 1. The van der Waals surface area contributed by atoms with Gasteiger partial charge in [-0.25, -0.2) is 12.8 Å². The lowest BCUT2D eigenvalue weighted by molar-refractivity contribution is -0.133. The van der Waals surface area contributed by atoms with Gasteiger partial charge in [-0.05, 0) is 30.6 Å². The van der Waals surface area contributed by atoms with Crippen molar-refractivity contribution in [2.75, 3.05) is 38.2 Å². The normalized spacial score (nSPS) is 16.8. The van der Waals surface area contributed by atoms with Crippen molar-refractivity contribution < 1.29 is 17.6 Å². The second-order valence-corrected chi connectivity index (χ2v) is 8.13. The molecule has 0 spiro atoms. The highest BCUT2D eigenvalue weighted by molar-refractivity contribution is 7.98. The number of piperazine rings is 1. The van der Waals surface area contributed by atoms with Gasteiger partial charge in [0.1, 0.15) is 16.8 Å². The van der Waals surface area contributed by atoms with Crippen LogP contribution in [-0.2, 0) is 14.8 Å². The highest BCUT2D eigenvalue weighted by Gasteiger charge is 2.30. The van der Waals surface area contributed by atoms with Gasteiger partial charge < -0.3 is 10.2 Å². The average molecular weight is 375 g/mol. The van der Waals surface area contributed by atoms with Crippen molar-refractivity contribution >= 4 is 27.7 Å². The van der Waals surface area contributed by atoms with Crippen LogP contribution in [0.2, 0.25) is 0 Å². The number of rotatable bonds is 7. The van der Waals surface area contributed by atoms with E-state index >= 15 is 0 Å². The maximum atomic E-state index is 13.8. The van der Waals surface area contributed by atoms with Crippen LogP contribution in [0.4, 0.5) is 4.39 Å². The number of sulfonamides is 1. The average Bonchev–Trinajstić information content (AvgIpc) is 2.59. The van der Waals surface area contributed by atoms with Gasteiger partial charge in [0.25, 0.3) is 0 Å². The predicted molar refractivity (Wildman–Crippen MR) is 93.0 cm³/mol. The van der Waals surface area contributed by atoms with Gasteiger partial charge in [0.15, 0.2) is 0 Å². The molecule has 1 aliphatic heterocycles. The van der Waals surface area contributed by atoms with Crippen molar-refractivity contribution in [3.05, 3.63) is 30.1 Å². The van der Waals surface area contributed by atoms with E-state index in [-0.39, 0.29) is 5.91 Å². The van der Waals surface area contributed by atoms with E-state index in [4.69, 9.17) is 0 Å². The number of nitrogens with one attached hydrogen (secondary N) is 2. The van der Waals surface area contributed by atoms with Crippen LogP contribution in [-0.4, -0.2) is 63.5 Å². The number of thioether (sulfide) groups is 1. The lowest BCUT2D eigenvalue weighted by atomic mass is 10.2. The fourth-order valence-corrected chi connectivity index (χ4v) is 4.26. The first-order valence-corrected chi connectivity index (χ1v) is 10.6. The Hall–Kier alpha value is -1.16. The first-order chi connectivity index (χ1) is 11.5. The van der Waals surface area contributed by atoms with Crippen LogP contribution < -0.4 is 10.0 Å².